The maximum absolute atomic E-state index is 12.6. The largest absolute Gasteiger partial charge is 0.393 e. The molecule has 4 nitrogen and oxygen atoms in total. The number of aliphatic hydroxyl groups excluding tert-OH is 1. The van der Waals surface area contributed by atoms with Crippen LogP contribution in [-0.4, -0.2) is 35.2 Å². The van der Waals surface area contributed by atoms with Gasteiger partial charge in [0.05, 0.1) is 12.1 Å². The van der Waals surface area contributed by atoms with Crippen molar-refractivity contribution >= 4 is 6.03 Å². The standard InChI is InChI=1S/C20H30N2O2/c1-14(17-10-9-16-6-3-4-7-18(16)12-17)21-20(24)22-11-5-8-19(13-22)15(2)23/h9-10,12,14-15,19,23H,3-8,11,13H2,1-2H3,(H,21,24). The molecule has 1 aliphatic carbocycles. The number of nitrogens with zero attached hydrogens (tertiary/aromatic N) is 1. The average Bonchev–Trinajstić information content (AvgIpc) is 2.61. The van der Waals surface area contributed by atoms with Gasteiger partial charge in [-0.25, -0.2) is 4.79 Å². The van der Waals surface area contributed by atoms with Gasteiger partial charge in [-0.1, -0.05) is 18.2 Å². The Labute approximate surface area is 145 Å². The van der Waals surface area contributed by atoms with Crippen LogP contribution in [0.25, 0.3) is 0 Å². The van der Waals surface area contributed by atoms with E-state index in [0.717, 1.165) is 25.8 Å². The van der Waals surface area contributed by atoms with Gasteiger partial charge in [-0.2, -0.15) is 0 Å². The van der Waals surface area contributed by atoms with E-state index in [1.54, 1.807) is 0 Å². The second kappa shape index (κ2) is 7.56. The molecule has 0 radical (unpaired) electrons. The Kier molecular flexibility index (Phi) is 5.44. The lowest BCUT2D eigenvalue weighted by Crippen LogP contribution is -2.47. The molecule has 1 aromatic rings. The number of urea groups is 1. The van der Waals surface area contributed by atoms with Crippen LogP contribution >= 0.6 is 0 Å². The zero-order valence-corrected chi connectivity index (χ0v) is 14.9. The molecule has 24 heavy (non-hydrogen) atoms. The van der Waals surface area contributed by atoms with Gasteiger partial charge in [-0.15, -0.1) is 0 Å². The van der Waals surface area contributed by atoms with Crippen molar-refractivity contribution in [3.63, 3.8) is 0 Å². The second-order valence-electron chi connectivity index (χ2n) is 7.50. The van der Waals surface area contributed by atoms with Gasteiger partial charge in [0.25, 0.3) is 0 Å². The summed E-state index contributed by atoms with van der Waals surface area (Å²) in [6, 6.07) is 6.66. The number of aryl methyl sites for hydroxylation is 2. The molecule has 1 aliphatic heterocycles. The summed E-state index contributed by atoms with van der Waals surface area (Å²) in [7, 11) is 0. The van der Waals surface area contributed by atoms with Crippen LogP contribution in [0, 0.1) is 5.92 Å². The Morgan fingerprint density at radius 2 is 1.96 bits per heavy atom. The van der Waals surface area contributed by atoms with Crippen LogP contribution in [0.15, 0.2) is 18.2 Å². The van der Waals surface area contributed by atoms with Gasteiger partial charge in [0.2, 0.25) is 0 Å². The van der Waals surface area contributed by atoms with Crippen molar-refractivity contribution in [1.82, 2.24) is 10.2 Å². The zero-order valence-electron chi connectivity index (χ0n) is 14.9. The third-order valence-electron chi connectivity index (χ3n) is 5.64. The van der Waals surface area contributed by atoms with E-state index in [4.69, 9.17) is 0 Å². The number of amides is 2. The predicted molar refractivity (Wildman–Crippen MR) is 96.0 cm³/mol. The molecule has 0 saturated carbocycles. The zero-order chi connectivity index (χ0) is 17.1. The molecule has 0 bridgehead atoms. The monoisotopic (exact) mass is 330 g/mol. The van der Waals surface area contributed by atoms with Crippen molar-refractivity contribution in [2.45, 2.75) is 64.5 Å². The van der Waals surface area contributed by atoms with Crippen LogP contribution in [-0.2, 0) is 12.8 Å². The van der Waals surface area contributed by atoms with E-state index in [9.17, 15) is 9.90 Å². The number of nitrogens with one attached hydrogen (secondary N) is 1. The highest BCUT2D eigenvalue weighted by molar-refractivity contribution is 5.74. The minimum absolute atomic E-state index is 0.00873. The second-order valence-corrected chi connectivity index (χ2v) is 7.50. The molecule has 1 fully saturated rings. The minimum Gasteiger partial charge on any atom is -0.393 e. The van der Waals surface area contributed by atoms with Crippen molar-refractivity contribution < 1.29 is 9.90 Å². The number of rotatable bonds is 3. The highest BCUT2D eigenvalue weighted by Crippen LogP contribution is 2.25. The van der Waals surface area contributed by atoms with Gasteiger partial charge in [-0.05, 0) is 69.1 Å². The van der Waals surface area contributed by atoms with Crippen LogP contribution in [0.5, 0.6) is 0 Å². The lowest BCUT2D eigenvalue weighted by atomic mass is 9.89. The van der Waals surface area contributed by atoms with Gasteiger partial charge in [0.15, 0.2) is 0 Å². The Hall–Kier alpha value is -1.55. The van der Waals surface area contributed by atoms with Gasteiger partial charge < -0.3 is 15.3 Å². The number of carbonyl (C=O) groups is 1. The number of fused-ring (bicyclic) bond motifs is 1. The van der Waals surface area contributed by atoms with Gasteiger partial charge >= 0.3 is 6.03 Å². The highest BCUT2D eigenvalue weighted by atomic mass is 16.3. The topological polar surface area (TPSA) is 52.6 Å². The normalized spacial score (nSPS) is 23.3. The maximum Gasteiger partial charge on any atom is 0.317 e. The van der Waals surface area contributed by atoms with Crippen molar-refractivity contribution in [3.8, 4) is 0 Å². The van der Waals surface area contributed by atoms with E-state index in [2.05, 4.69) is 30.4 Å². The molecule has 1 saturated heterocycles. The Bertz CT molecular complexity index is 585. The molecular formula is C20H30N2O2. The minimum atomic E-state index is -0.348. The highest BCUT2D eigenvalue weighted by Gasteiger charge is 2.27. The molecule has 1 heterocycles. The molecular weight excluding hydrogens is 300 g/mol. The number of carbonyl (C=O) groups excluding carboxylic acids is 1. The number of aliphatic hydroxyl groups is 1. The lowest BCUT2D eigenvalue weighted by Gasteiger charge is -2.35. The summed E-state index contributed by atoms with van der Waals surface area (Å²) in [6.45, 7) is 5.31. The van der Waals surface area contributed by atoms with E-state index in [1.807, 2.05) is 11.8 Å². The van der Waals surface area contributed by atoms with Crippen LogP contribution in [0.4, 0.5) is 4.79 Å². The number of likely N-dealkylation sites (tertiary alicyclic amines) is 1. The van der Waals surface area contributed by atoms with E-state index < -0.39 is 0 Å². The Morgan fingerprint density at radius 1 is 1.21 bits per heavy atom. The van der Waals surface area contributed by atoms with E-state index in [1.165, 1.54) is 36.0 Å². The van der Waals surface area contributed by atoms with E-state index >= 15 is 0 Å². The Balaban J connectivity index is 1.61. The molecule has 0 spiro atoms. The summed E-state index contributed by atoms with van der Waals surface area (Å²) in [5.41, 5.74) is 4.11. The summed E-state index contributed by atoms with van der Waals surface area (Å²) in [6.07, 6.45) is 6.53. The number of piperidine rings is 1. The smallest absolute Gasteiger partial charge is 0.317 e. The van der Waals surface area contributed by atoms with Gasteiger partial charge in [0, 0.05) is 19.0 Å². The first-order valence-corrected chi connectivity index (χ1v) is 9.40. The van der Waals surface area contributed by atoms with E-state index in [-0.39, 0.29) is 24.1 Å². The van der Waals surface area contributed by atoms with Crippen molar-refractivity contribution in [2.24, 2.45) is 5.92 Å². The maximum atomic E-state index is 12.6. The SMILES string of the molecule is CC(NC(=O)N1CCCC(C(C)O)C1)c1ccc2c(c1)CCCC2. The van der Waals surface area contributed by atoms with Gasteiger partial charge in [-0.3, -0.25) is 0 Å². The molecule has 4 heteroatoms. The van der Waals surface area contributed by atoms with Crippen molar-refractivity contribution in [1.29, 1.82) is 0 Å². The summed E-state index contributed by atoms with van der Waals surface area (Å²) in [5, 5.41) is 12.9. The molecule has 3 atom stereocenters. The third kappa shape index (κ3) is 3.92. The molecule has 3 unspecified atom stereocenters. The molecule has 2 N–H and O–H groups in total. The first kappa shape index (κ1) is 17.3. The summed E-state index contributed by atoms with van der Waals surface area (Å²) in [5.74, 6) is 0.198. The molecule has 2 aliphatic rings. The molecule has 3 rings (SSSR count). The molecule has 132 valence electrons. The fourth-order valence-corrected chi connectivity index (χ4v) is 3.97. The molecule has 0 aromatic heterocycles. The molecule has 2 amide bonds. The van der Waals surface area contributed by atoms with Gasteiger partial charge in [0.1, 0.15) is 0 Å². The summed E-state index contributed by atoms with van der Waals surface area (Å²) < 4.78 is 0. The van der Waals surface area contributed by atoms with Crippen molar-refractivity contribution in [2.75, 3.05) is 13.1 Å². The fourth-order valence-electron chi connectivity index (χ4n) is 3.97. The third-order valence-corrected chi connectivity index (χ3v) is 5.64. The lowest BCUT2D eigenvalue weighted by molar-refractivity contribution is 0.0734. The van der Waals surface area contributed by atoms with E-state index in [0.29, 0.717) is 6.54 Å². The van der Waals surface area contributed by atoms with Crippen molar-refractivity contribution in [3.05, 3.63) is 34.9 Å². The number of benzene rings is 1. The fraction of sp³-hybridized carbons (Fsp3) is 0.650. The van der Waals surface area contributed by atoms with Crippen LogP contribution in [0.3, 0.4) is 0 Å². The summed E-state index contributed by atoms with van der Waals surface area (Å²) in [4.78, 5) is 14.4. The number of hydrogen-bond donors (Lipinski definition) is 2. The number of hydrogen-bond acceptors (Lipinski definition) is 2. The van der Waals surface area contributed by atoms with Crippen LogP contribution < -0.4 is 5.32 Å². The first-order chi connectivity index (χ1) is 11.5. The van der Waals surface area contributed by atoms with Crippen LogP contribution in [0.1, 0.15) is 62.3 Å². The quantitative estimate of drug-likeness (QED) is 0.892. The Morgan fingerprint density at radius 3 is 2.71 bits per heavy atom. The summed E-state index contributed by atoms with van der Waals surface area (Å²) >= 11 is 0. The molecule has 1 aromatic carbocycles. The average molecular weight is 330 g/mol. The van der Waals surface area contributed by atoms with Crippen LogP contribution in [0.2, 0.25) is 0 Å². The predicted octanol–water partition coefficient (Wildman–Crippen LogP) is 3.43. The first-order valence-electron chi connectivity index (χ1n) is 9.40.